The van der Waals surface area contributed by atoms with E-state index < -0.39 is 0 Å². The van der Waals surface area contributed by atoms with Gasteiger partial charge in [0.05, 0.1) is 5.69 Å². The topological polar surface area (TPSA) is 53.1 Å². The summed E-state index contributed by atoms with van der Waals surface area (Å²) < 4.78 is 25.5. The zero-order chi connectivity index (χ0) is 20.8. The SMILES string of the molecule is CCOC(CNCc1ccc(F)c(N2CC(N3CCN(C)[C@H](C)C3)C2)n1)OCC. The predicted molar refractivity (Wildman–Crippen MR) is 113 cm³/mol. The van der Waals surface area contributed by atoms with E-state index in [1.807, 2.05) is 13.8 Å². The van der Waals surface area contributed by atoms with Crippen molar-refractivity contribution in [2.75, 3.05) is 64.4 Å². The van der Waals surface area contributed by atoms with Gasteiger partial charge in [-0.25, -0.2) is 9.37 Å². The van der Waals surface area contributed by atoms with Crippen LogP contribution in [0.15, 0.2) is 12.1 Å². The third-order valence-corrected chi connectivity index (χ3v) is 5.88. The van der Waals surface area contributed by atoms with Gasteiger partial charge in [-0.05, 0) is 40.0 Å². The lowest BCUT2D eigenvalue weighted by atomic mass is 10.0. The molecule has 2 aliphatic rings. The van der Waals surface area contributed by atoms with Crippen LogP contribution in [-0.2, 0) is 16.0 Å². The zero-order valence-electron chi connectivity index (χ0n) is 18.2. The number of ether oxygens (including phenoxy) is 2. The largest absolute Gasteiger partial charge is 0.352 e. The monoisotopic (exact) mass is 409 g/mol. The Morgan fingerprint density at radius 1 is 1.17 bits per heavy atom. The summed E-state index contributed by atoms with van der Waals surface area (Å²) in [6, 6.07) is 4.32. The van der Waals surface area contributed by atoms with Gasteiger partial charge in [0, 0.05) is 71.1 Å². The number of hydrogen-bond donors (Lipinski definition) is 1. The van der Waals surface area contributed by atoms with E-state index in [0.29, 0.717) is 44.2 Å². The molecule has 0 bridgehead atoms. The molecule has 3 rings (SSSR count). The molecule has 0 amide bonds. The van der Waals surface area contributed by atoms with Gasteiger partial charge < -0.3 is 24.6 Å². The van der Waals surface area contributed by atoms with E-state index in [4.69, 9.17) is 9.47 Å². The van der Waals surface area contributed by atoms with Crippen LogP contribution in [0.25, 0.3) is 0 Å². The van der Waals surface area contributed by atoms with E-state index in [-0.39, 0.29) is 12.1 Å². The first kappa shape index (κ1) is 22.4. The second-order valence-electron chi connectivity index (χ2n) is 7.96. The number of anilines is 1. The highest BCUT2D eigenvalue weighted by atomic mass is 19.1. The van der Waals surface area contributed by atoms with Crippen LogP contribution >= 0.6 is 0 Å². The van der Waals surface area contributed by atoms with E-state index in [9.17, 15) is 4.39 Å². The molecular weight excluding hydrogens is 373 g/mol. The number of aromatic nitrogens is 1. The van der Waals surface area contributed by atoms with Crippen molar-refractivity contribution in [3.63, 3.8) is 0 Å². The summed E-state index contributed by atoms with van der Waals surface area (Å²) >= 11 is 0. The maximum Gasteiger partial charge on any atom is 0.169 e. The molecule has 7 nitrogen and oxygen atoms in total. The maximum absolute atomic E-state index is 14.4. The highest BCUT2D eigenvalue weighted by Crippen LogP contribution is 2.26. The van der Waals surface area contributed by atoms with Crippen LogP contribution in [0.4, 0.5) is 10.2 Å². The highest BCUT2D eigenvalue weighted by Gasteiger charge is 2.36. The van der Waals surface area contributed by atoms with Crippen molar-refractivity contribution in [3.05, 3.63) is 23.6 Å². The van der Waals surface area contributed by atoms with Crippen LogP contribution in [0.1, 0.15) is 26.5 Å². The van der Waals surface area contributed by atoms with Gasteiger partial charge in [0.2, 0.25) is 0 Å². The first-order valence-electron chi connectivity index (χ1n) is 10.8. The Balaban J connectivity index is 1.50. The molecule has 0 unspecified atom stereocenters. The van der Waals surface area contributed by atoms with Crippen molar-refractivity contribution in [3.8, 4) is 0 Å². The van der Waals surface area contributed by atoms with E-state index in [1.165, 1.54) is 6.07 Å². The summed E-state index contributed by atoms with van der Waals surface area (Å²) in [6.07, 6.45) is -0.271. The molecular formula is C21H36FN5O2. The van der Waals surface area contributed by atoms with Crippen molar-refractivity contribution in [2.24, 2.45) is 0 Å². The normalized spacial score (nSPS) is 21.7. The van der Waals surface area contributed by atoms with Crippen LogP contribution in [0, 0.1) is 5.82 Å². The summed E-state index contributed by atoms with van der Waals surface area (Å²) in [5, 5.41) is 3.30. The van der Waals surface area contributed by atoms with Crippen molar-refractivity contribution in [1.29, 1.82) is 0 Å². The highest BCUT2D eigenvalue weighted by molar-refractivity contribution is 5.44. The number of pyridine rings is 1. The Bertz CT molecular complexity index is 637. The summed E-state index contributed by atoms with van der Waals surface area (Å²) in [7, 11) is 2.18. The minimum absolute atomic E-state index is 0.250. The Morgan fingerprint density at radius 2 is 1.90 bits per heavy atom. The molecule has 8 heteroatoms. The molecule has 3 heterocycles. The molecule has 1 aromatic rings. The van der Waals surface area contributed by atoms with Crippen LogP contribution < -0.4 is 10.2 Å². The Hall–Kier alpha value is -1.32. The minimum atomic E-state index is -0.271. The maximum atomic E-state index is 14.4. The number of likely N-dealkylation sites (N-methyl/N-ethyl adjacent to an activating group) is 1. The average molecular weight is 410 g/mol. The van der Waals surface area contributed by atoms with Gasteiger partial charge >= 0.3 is 0 Å². The lowest BCUT2D eigenvalue weighted by molar-refractivity contribution is -0.133. The predicted octanol–water partition coefficient (Wildman–Crippen LogP) is 1.53. The van der Waals surface area contributed by atoms with E-state index in [0.717, 1.165) is 38.4 Å². The molecule has 0 aliphatic carbocycles. The standard InChI is InChI=1S/C21H36FN5O2/c1-5-28-20(29-6-2)12-23-11-17-7-8-19(22)21(24-17)27-14-18(15-27)26-10-9-25(4)16(3)13-26/h7-8,16,18,20,23H,5-6,9-15H2,1-4H3/t16-/m1/s1. The smallest absolute Gasteiger partial charge is 0.169 e. The fraction of sp³-hybridized carbons (Fsp3) is 0.762. The molecule has 0 radical (unpaired) electrons. The Labute approximate surface area is 174 Å². The average Bonchev–Trinajstić information content (AvgIpc) is 2.66. The Kier molecular flexibility index (Phi) is 8.20. The van der Waals surface area contributed by atoms with Crippen molar-refractivity contribution < 1.29 is 13.9 Å². The molecule has 1 atom stereocenters. The third kappa shape index (κ3) is 5.86. The quantitative estimate of drug-likeness (QED) is 0.588. The summed E-state index contributed by atoms with van der Waals surface area (Å²) in [6.45, 7) is 13.4. The number of piperazine rings is 1. The fourth-order valence-electron chi connectivity index (χ4n) is 3.91. The first-order valence-corrected chi connectivity index (χ1v) is 10.8. The molecule has 2 saturated heterocycles. The molecule has 2 fully saturated rings. The second-order valence-corrected chi connectivity index (χ2v) is 7.96. The van der Waals surface area contributed by atoms with Crippen LogP contribution in [-0.4, -0.2) is 92.7 Å². The molecule has 2 aliphatic heterocycles. The zero-order valence-corrected chi connectivity index (χ0v) is 18.2. The van der Waals surface area contributed by atoms with Crippen molar-refractivity contribution in [2.45, 2.75) is 45.7 Å². The molecule has 0 spiro atoms. The Morgan fingerprint density at radius 3 is 2.55 bits per heavy atom. The van der Waals surface area contributed by atoms with Crippen LogP contribution in [0.5, 0.6) is 0 Å². The van der Waals surface area contributed by atoms with Gasteiger partial charge in [0.25, 0.3) is 0 Å². The van der Waals surface area contributed by atoms with E-state index >= 15 is 0 Å². The summed E-state index contributed by atoms with van der Waals surface area (Å²) in [5.74, 6) is 0.217. The summed E-state index contributed by atoms with van der Waals surface area (Å²) in [5.41, 5.74) is 0.824. The van der Waals surface area contributed by atoms with Crippen molar-refractivity contribution in [1.82, 2.24) is 20.1 Å². The molecule has 0 aromatic carbocycles. The number of hydrogen-bond acceptors (Lipinski definition) is 7. The van der Waals surface area contributed by atoms with Crippen LogP contribution in [0.2, 0.25) is 0 Å². The number of halogens is 1. The van der Waals surface area contributed by atoms with Gasteiger partial charge in [0.15, 0.2) is 17.9 Å². The summed E-state index contributed by atoms with van der Waals surface area (Å²) in [4.78, 5) is 11.5. The molecule has 164 valence electrons. The lowest BCUT2D eigenvalue weighted by Crippen LogP contribution is -2.64. The first-order chi connectivity index (χ1) is 14.0. The molecule has 0 saturated carbocycles. The van der Waals surface area contributed by atoms with E-state index in [1.54, 1.807) is 6.07 Å². The number of nitrogens with zero attached hydrogens (tertiary/aromatic N) is 4. The number of nitrogens with one attached hydrogen (secondary N) is 1. The molecule has 1 aromatic heterocycles. The van der Waals surface area contributed by atoms with Crippen LogP contribution in [0.3, 0.4) is 0 Å². The van der Waals surface area contributed by atoms with Gasteiger partial charge in [0.1, 0.15) is 0 Å². The third-order valence-electron chi connectivity index (χ3n) is 5.88. The number of rotatable bonds is 10. The van der Waals surface area contributed by atoms with Gasteiger partial charge in [-0.3, -0.25) is 4.90 Å². The lowest BCUT2D eigenvalue weighted by Gasteiger charge is -2.49. The van der Waals surface area contributed by atoms with Crippen molar-refractivity contribution >= 4 is 5.82 Å². The van der Waals surface area contributed by atoms with Gasteiger partial charge in [-0.2, -0.15) is 0 Å². The molecule has 29 heavy (non-hydrogen) atoms. The van der Waals surface area contributed by atoms with Gasteiger partial charge in [-0.15, -0.1) is 0 Å². The second kappa shape index (κ2) is 10.6. The van der Waals surface area contributed by atoms with E-state index in [2.05, 4.69) is 39.0 Å². The minimum Gasteiger partial charge on any atom is -0.352 e. The van der Waals surface area contributed by atoms with Gasteiger partial charge in [-0.1, -0.05) is 0 Å². The fourth-order valence-corrected chi connectivity index (χ4v) is 3.91. The molecule has 1 N–H and O–H groups in total.